The van der Waals surface area contributed by atoms with E-state index < -0.39 is 16.0 Å². The molecule has 0 atom stereocenters. The molecule has 2 aromatic carbocycles. The molecule has 0 saturated carbocycles. The van der Waals surface area contributed by atoms with Crippen LogP contribution in [-0.4, -0.2) is 50.1 Å². The zero-order valence-corrected chi connectivity index (χ0v) is 17.8. The van der Waals surface area contributed by atoms with Gasteiger partial charge in [-0.05, 0) is 48.9 Å². The van der Waals surface area contributed by atoms with Crippen LogP contribution in [0.2, 0.25) is 0 Å². The van der Waals surface area contributed by atoms with Gasteiger partial charge < -0.3 is 14.0 Å². The van der Waals surface area contributed by atoms with E-state index in [0.29, 0.717) is 22.7 Å². The van der Waals surface area contributed by atoms with Crippen LogP contribution in [0.4, 0.5) is 0 Å². The highest BCUT2D eigenvalue weighted by Crippen LogP contribution is 2.23. The molecule has 30 heavy (non-hydrogen) atoms. The highest BCUT2D eigenvalue weighted by Gasteiger charge is 2.25. The maximum Gasteiger partial charge on any atom is 0.338 e. The molecule has 0 bridgehead atoms. The summed E-state index contributed by atoms with van der Waals surface area (Å²) in [5.74, 6) is 0.555. The van der Waals surface area contributed by atoms with E-state index >= 15 is 0 Å². The van der Waals surface area contributed by atoms with Gasteiger partial charge in [0.25, 0.3) is 0 Å². The molecule has 1 heterocycles. The van der Waals surface area contributed by atoms with Crippen molar-refractivity contribution in [3.05, 3.63) is 59.5 Å². The molecule has 0 spiro atoms. The number of benzene rings is 2. The molecular weight excluding hydrogens is 410 g/mol. The van der Waals surface area contributed by atoms with E-state index in [9.17, 15) is 13.2 Å². The minimum absolute atomic E-state index is 0.0362. The number of carbonyl (C=O) groups excluding carboxylic acids is 1. The average Bonchev–Trinajstić information content (AvgIpc) is 3.21. The summed E-state index contributed by atoms with van der Waals surface area (Å²) in [6, 6.07) is 11.4. The molecule has 158 valence electrons. The molecule has 0 unspecified atom stereocenters. The number of sulfonamides is 1. The number of esters is 1. The lowest BCUT2D eigenvalue weighted by Crippen LogP contribution is -2.27. The summed E-state index contributed by atoms with van der Waals surface area (Å²) in [5.41, 5.74) is 1.51. The van der Waals surface area contributed by atoms with Gasteiger partial charge in [0.05, 0.1) is 31.2 Å². The minimum Gasteiger partial charge on any atom is -0.497 e. The maximum atomic E-state index is 12.9. The predicted molar refractivity (Wildman–Crippen MR) is 107 cm³/mol. The van der Waals surface area contributed by atoms with Gasteiger partial charge in [0.15, 0.2) is 0 Å². The summed E-state index contributed by atoms with van der Waals surface area (Å²) >= 11 is 0. The van der Waals surface area contributed by atoms with E-state index in [-0.39, 0.29) is 22.9 Å². The Morgan fingerprint density at radius 3 is 2.47 bits per heavy atom. The quantitative estimate of drug-likeness (QED) is 0.525. The molecule has 10 heteroatoms. The van der Waals surface area contributed by atoms with Gasteiger partial charge in [-0.15, -0.1) is 0 Å². The van der Waals surface area contributed by atoms with Crippen molar-refractivity contribution in [2.45, 2.75) is 18.4 Å². The first kappa shape index (κ1) is 21.5. The second-order valence-corrected chi connectivity index (χ2v) is 8.51. The smallest absolute Gasteiger partial charge is 0.338 e. The first-order valence-electron chi connectivity index (χ1n) is 8.88. The molecular formula is C20H21N3O6S. The molecule has 0 aliphatic carbocycles. The van der Waals surface area contributed by atoms with Crippen molar-refractivity contribution in [1.29, 1.82) is 0 Å². The number of aryl methyl sites for hydroxylation is 1. The van der Waals surface area contributed by atoms with Crippen molar-refractivity contribution in [1.82, 2.24) is 14.4 Å². The highest BCUT2D eigenvalue weighted by molar-refractivity contribution is 7.89. The lowest BCUT2D eigenvalue weighted by molar-refractivity contribution is 0.0599. The number of methoxy groups -OCH3 is 2. The number of hydrogen-bond acceptors (Lipinski definition) is 8. The Bertz CT molecular complexity index is 1160. The largest absolute Gasteiger partial charge is 0.497 e. The fourth-order valence-electron chi connectivity index (χ4n) is 2.72. The number of hydrogen-bond donors (Lipinski definition) is 0. The first-order valence-corrected chi connectivity index (χ1v) is 10.3. The molecule has 9 nitrogen and oxygen atoms in total. The normalized spacial score (nSPS) is 11.5. The monoisotopic (exact) mass is 431 g/mol. The number of rotatable bonds is 7. The molecule has 3 aromatic rings. The average molecular weight is 431 g/mol. The molecule has 0 N–H and O–H groups in total. The van der Waals surface area contributed by atoms with Crippen LogP contribution < -0.4 is 4.74 Å². The van der Waals surface area contributed by atoms with Crippen molar-refractivity contribution in [2.24, 2.45) is 0 Å². The number of carbonyl (C=O) groups is 1. The Morgan fingerprint density at radius 1 is 1.13 bits per heavy atom. The topological polar surface area (TPSA) is 112 Å². The van der Waals surface area contributed by atoms with E-state index in [4.69, 9.17) is 14.0 Å². The summed E-state index contributed by atoms with van der Waals surface area (Å²) < 4.78 is 42.0. The zero-order chi connectivity index (χ0) is 21.9. The van der Waals surface area contributed by atoms with Crippen molar-refractivity contribution in [2.75, 3.05) is 21.3 Å². The summed E-state index contributed by atoms with van der Waals surface area (Å²) in [7, 11) is 0.302. The van der Waals surface area contributed by atoms with Gasteiger partial charge in [-0.1, -0.05) is 11.2 Å². The summed E-state index contributed by atoms with van der Waals surface area (Å²) in [4.78, 5) is 16.1. The van der Waals surface area contributed by atoms with Crippen molar-refractivity contribution in [3.8, 4) is 17.1 Å². The van der Waals surface area contributed by atoms with E-state index in [0.717, 1.165) is 4.31 Å². The number of aromatic nitrogens is 2. The molecule has 0 fully saturated rings. The lowest BCUT2D eigenvalue weighted by atomic mass is 10.1. The molecule has 0 amide bonds. The Morgan fingerprint density at radius 2 is 1.83 bits per heavy atom. The van der Waals surface area contributed by atoms with Crippen molar-refractivity contribution < 1.29 is 27.2 Å². The van der Waals surface area contributed by atoms with E-state index in [1.807, 2.05) is 0 Å². The predicted octanol–water partition coefficient (Wildman–Crippen LogP) is 2.66. The van der Waals surface area contributed by atoms with Gasteiger partial charge in [-0.3, -0.25) is 0 Å². The molecule has 3 rings (SSSR count). The Kier molecular flexibility index (Phi) is 6.18. The van der Waals surface area contributed by atoms with Crippen LogP contribution in [0, 0.1) is 6.92 Å². The Labute approximate surface area is 174 Å². The molecule has 0 aliphatic heterocycles. The maximum absolute atomic E-state index is 12.9. The van der Waals surface area contributed by atoms with Crippen LogP contribution in [0.25, 0.3) is 11.4 Å². The zero-order valence-electron chi connectivity index (χ0n) is 16.9. The van der Waals surface area contributed by atoms with Gasteiger partial charge in [0.1, 0.15) is 5.75 Å². The summed E-state index contributed by atoms with van der Waals surface area (Å²) in [6.07, 6.45) is 0. The molecule has 1 aromatic heterocycles. The Balaban J connectivity index is 1.81. The van der Waals surface area contributed by atoms with Crippen LogP contribution in [0.15, 0.2) is 51.9 Å². The van der Waals surface area contributed by atoms with Crippen LogP contribution in [0.3, 0.4) is 0 Å². The second-order valence-electron chi connectivity index (χ2n) is 6.47. The highest BCUT2D eigenvalue weighted by atomic mass is 32.2. The van der Waals surface area contributed by atoms with Crippen LogP contribution >= 0.6 is 0 Å². The third-order valence-electron chi connectivity index (χ3n) is 4.50. The summed E-state index contributed by atoms with van der Waals surface area (Å²) in [5, 5.41) is 3.90. The van der Waals surface area contributed by atoms with Gasteiger partial charge in [0.2, 0.25) is 21.7 Å². The van der Waals surface area contributed by atoms with E-state index in [1.165, 1.54) is 26.3 Å². The van der Waals surface area contributed by atoms with Gasteiger partial charge in [-0.25, -0.2) is 13.2 Å². The van der Waals surface area contributed by atoms with E-state index in [1.54, 1.807) is 44.4 Å². The van der Waals surface area contributed by atoms with Gasteiger partial charge in [-0.2, -0.15) is 9.29 Å². The van der Waals surface area contributed by atoms with Gasteiger partial charge in [0, 0.05) is 12.6 Å². The first-order chi connectivity index (χ1) is 14.3. The van der Waals surface area contributed by atoms with Crippen LogP contribution in [-0.2, 0) is 21.3 Å². The Hall–Kier alpha value is -3.24. The second kappa shape index (κ2) is 8.64. The third-order valence-corrected chi connectivity index (χ3v) is 6.30. The third kappa shape index (κ3) is 4.34. The molecule has 0 aliphatic rings. The van der Waals surface area contributed by atoms with Gasteiger partial charge >= 0.3 is 5.97 Å². The number of nitrogens with zero attached hydrogens (tertiary/aromatic N) is 3. The molecule has 0 radical (unpaired) electrons. The van der Waals surface area contributed by atoms with Crippen molar-refractivity contribution >= 4 is 16.0 Å². The molecule has 0 saturated heterocycles. The standard InChI is InChI=1S/C20H21N3O6S/c1-13-5-10-16(11-17(13)20(24)28-4)30(25,26)23(2)12-18-21-19(22-29-18)14-6-8-15(27-3)9-7-14/h5-11H,12H2,1-4H3. The van der Waals surface area contributed by atoms with Crippen LogP contribution in [0.5, 0.6) is 5.75 Å². The minimum atomic E-state index is -3.90. The van der Waals surface area contributed by atoms with Crippen molar-refractivity contribution in [3.63, 3.8) is 0 Å². The summed E-state index contributed by atoms with van der Waals surface area (Å²) in [6.45, 7) is 1.57. The van der Waals surface area contributed by atoms with E-state index in [2.05, 4.69) is 10.1 Å². The lowest BCUT2D eigenvalue weighted by Gasteiger charge is -2.16. The fourth-order valence-corrected chi connectivity index (χ4v) is 3.87. The SMILES string of the molecule is COC(=O)c1cc(S(=O)(=O)N(C)Cc2nc(-c3ccc(OC)cc3)no2)ccc1C. The number of ether oxygens (including phenoxy) is 2. The fraction of sp³-hybridized carbons (Fsp3) is 0.250. The van der Waals surface area contributed by atoms with Crippen LogP contribution in [0.1, 0.15) is 21.8 Å².